The molecule has 1 N–H and O–H groups in total. The maximum absolute atomic E-state index is 11.6. The second-order valence-electron chi connectivity index (χ2n) is 4.16. The third-order valence-corrected chi connectivity index (χ3v) is 3.05. The Kier molecular flexibility index (Phi) is 5.87. The largest absolute Gasteiger partial charge is 0.482 e. The summed E-state index contributed by atoms with van der Waals surface area (Å²) in [6.07, 6.45) is 0. The molecule has 0 unspecified atom stereocenters. The van der Waals surface area contributed by atoms with Crippen LogP contribution in [0.4, 0.5) is 0 Å². The number of hydroxylamine groups is 1. The zero-order valence-electron chi connectivity index (χ0n) is 11.0. The molecule has 0 saturated carbocycles. The molecule has 0 atom stereocenters. The van der Waals surface area contributed by atoms with Crippen molar-refractivity contribution in [3.63, 3.8) is 0 Å². The summed E-state index contributed by atoms with van der Waals surface area (Å²) in [5, 5.41) is 0.850. The van der Waals surface area contributed by atoms with E-state index < -0.39 is 5.91 Å². The quantitative estimate of drug-likeness (QED) is 0.825. The molecule has 2 aromatic carbocycles. The van der Waals surface area contributed by atoms with Crippen LogP contribution in [0.25, 0.3) is 0 Å². The number of rotatable bonds is 6. The van der Waals surface area contributed by atoms with Crippen LogP contribution in [0.2, 0.25) is 10.0 Å². The van der Waals surface area contributed by atoms with E-state index in [0.717, 1.165) is 5.56 Å². The van der Waals surface area contributed by atoms with Crippen molar-refractivity contribution >= 4 is 29.1 Å². The van der Waals surface area contributed by atoms with Crippen molar-refractivity contribution < 1.29 is 14.4 Å². The molecule has 0 heterocycles. The van der Waals surface area contributed by atoms with Gasteiger partial charge in [0, 0.05) is 5.02 Å². The molecule has 4 nitrogen and oxygen atoms in total. The van der Waals surface area contributed by atoms with E-state index >= 15 is 0 Å². The van der Waals surface area contributed by atoms with Gasteiger partial charge < -0.3 is 4.74 Å². The Bertz CT molecular complexity index is 605. The molecule has 2 aromatic rings. The molecule has 110 valence electrons. The molecule has 21 heavy (non-hydrogen) atoms. The number of hydrogen-bond donors (Lipinski definition) is 1. The van der Waals surface area contributed by atoms with Gasteiger partial charge in [0.1, 0.15) is 5.75 Å². The lowest BCUT2D eigenvalue weighted by atomic mass is 10.2. The average Bonchev–Trinajstić information content (AvgIpc) is 2.47. The van der Waals surface area contributed by atoms with E-state index in [4.69, 9.17) is 32.8 Å². The highest BCUT2D eigenvalue weighted by molar-refractivity contribution is 6.35. The molecule has 0 radical (unpaired) electrons. The molecule has 0 aliphatic heterocycles. The summed E-state index contributed by atoms with van der Waals surface area (Å²) in [7, 11) is 0. The summed E-state index contributed by atoms with van der Waals surface area (Å²) in [6.45, 7) is 0.0877. The fourth-order valence-electron chi connectivity index (χ4n) is 1.54. The normalized spacial score (nSPS) is 10.2. The molecular weight excluding hydrogens is 313 g/mol. The number of hydrogen-bond acceptors (Lipinski definition) is 3. The van der Waals surface area contributed by atoms with Crippen LogP contribution in [0.5, 0.6) is 5.75 Å². The van der Waals surface area contributed by atoms with E-state index in [1.165, 1.54) is 0 Å². The molecule has 1 amide bonds. The van der Waals surface area contributed by atoms with Crippen LogP contribution in [-0.2, 0) is 16.2 Å². The van der Waals surface area contributed by atoms with Gasteiger partial charge in [0.05, 0.1) is 11.6 Å². The SMILES string of the molecule is O=C(COc1ccc(Cl)cc1Cl)NOCc1ccccc1. The van der Waals surface area contributed by atoms with Crippen LogP contribution in [0.3, 0.4) is 0 Å². The van der Waals surface area contributed by atoms with Gasteiger partial charge in [-0.15, -0.1) is 0 Å². The van der Waals surface area contributed by atoms with Crippen molar-refractivity contribution in [2.75, 3.05) is 6.61 Å². The summed E-state index contributed by atoms with van der Waals surface area (Å²) < 4.78 is 5.27. The molecule has 0 saturated heterocycles. The summed E-state index contributed by atoms with van der Waals surface area (Å²) in [5.74, 6) is -0.0174. The van der Waals surface area contributed by atoms with Crippen molar-refractivity contribution in [2.24, 2.45) is 0 Å². The first-order chi connectivity index (χ1) is 10.1. The molecule has 0 aliphatic carbocycles. The summed E-state index contributed by atoms with van der Waals surface area (Å²) in [6, 6.07) is 14.3. The number of nitrogens with one attached hydrogen (secondary N) is 1. The van der Waals surface area contributed by atoms with Gasteiger partial charge in [0.15, 0.2) is 6.61 Å². The monoisotopic (exact) mass is 325 g/mol. The predicted molar refractivity (Wildman–Crippen MR) is 81.3 cm³/mol. The lowest BCUT2D eigenvalue weighted by molar-refractivity contribution is -0.136. The first-order valence-electron chi connectivity index (χ1n) is 6.17. The Labute approximate surface area is 132 Å². The second-order valence-corrected chi connectivity index (χ2v) is 5.01. The fourth-order valence-corrected chi connectivity index (χ4v) is 2.00. The van der Waals surface area contributed by atoms with Gasteiger partial charge in [-0.3, -0.25) is 9.63 Å². The van der Waals surface area contributed by atoms with Gasteiger partial charge in [-0.25, -0.2) is 5.48 Å². The molecule has 0 aromatic heterocycles. The number of carbonyl (C=O) groups excluding carboxylic acids is 1. The third-order valence-electron chi connectivity index (χ3n) is 2.52. The van der Waals surface area contributed by atoms with Crippen molar-refractivity contribution in [2.45, 2.75) is 6.61 Å². The third kappa shape index (κ3) is 5.27. The smallest absolute Gasteiger partial charge is 0.281 e. The number of carbonyl (C=O) groups is 1. The van der Waals surface area contributed by atoms with Crippen molar-refractivity contribution in [1.29, 1.82) is 0 Å². The van der Waals surface area contributed by atoms with Crippen LogP contribution in [0.1, 0.15) is 5.56 Å². The molecule has 2 rings (SSSR count). The zero-order valence-corrected chi connectivity index (χ0v) is 12.5. The summed E-state index contributed by atoms with van der Waals surface area (Å²) in [4.78, 5) is 16.6. The van der Waals surface area contributed by atoms with Gasteiger partial charge in [-0.1, -0.05) is 53.5 Å². The van der Waals surface area contributed by atoms with Crippen molar-refractivity contribution in [3.05, 3.63) is 64.1 Å². The summed E-state index contributed by atoms with van der Waals surface area (Å²) in [5.41, 5.74) is 3.26. The summed E-state index contributed by atoms with van der Waals surface area (Å²) >= 11 is 11.7. The fraction of sp³-hybridized carbons (Fsp3) is 0.133. The van der Waals surface area contributed by atoms with E-state index in [1.54, 1.807) is 18.2 Å². The minimum Gasteiger partial charge on any atom is -0.482 e. The van der Waals surface area contributed by atoms with E-state index in [9.17, 15) is 4.79 Å². The van der Waals surface area contributed by atoms with Gasteiger partial charge in [-0.05, 0) is 23.8 Å². The first kappa shape index (κ1) is 15.6. The van der Waals surface area contributed by atoms with Gasteiger partial charge in [-0.2, -0.15) is 0 Å². The van der Waals surface area contributed by atoms with Crippen LogP contribution < -0.4 is 10.2 Å². The van der Waals surface area contributed by atoms with E-state index in [1.807, 2.05) is 30.3 Å². The van der Waals surface area contributed by atoms with E-state index in [0.29, 0.717) is 15.8 Å². The molecule has 0 aliphatic rings. The van der Waals surface area contributed by atoms with E-state index in [-0.39, 0.29) is 13.2 Å². The van der Waals surface area contributed by atoms with Crippen LogP contribution in [-0.4, -0.2) is 12.5 Å². The molecule has 0 bridgehead atoms. The maximum Gasteiger partial charge on any atom is 0.281 e. The topological polar surface area (TPSA) is 47.6 Å². The number of amides is 1. The Morgan fingerprint density at radius 3 is 2.57 bits per heavy atom. The Morgan fingerprint density at radius 2 is 1.86 bits per heavy atom. The van der Waals surface area contributed by atoms with Crippen molar-refractivity contribution in [1.82, 2.24) is 5.48 Å². The second kappa shape index (κ2) is 7.88. The van der Waals surface area contributed by atoms with Crippen molar-refractivity contribution in [3.8, 4) is 5.75 Å². The predicted octanol–water partition coefficient (Wildman–Crippen LogP) is 3.62. The average molecular weight is 326 g/mol. The van der Waals surface area contributed by atoms with Crippen LogP contribution in [0.15, 0.2) is 48.5 Å². The van der Waals surface area contributed by atoms with Gasteiger partial charge in [0.2, 0.25) is 0 Å². The maximum atomic E-state index is 11.6. The standard InChI is InChI=1S/C15H13Cl2NO3/c16-12-6-7-14(13(17)8-12)20-10-15(19)18-21-9-11-4-2-1-3-5-11/h1-8H,9-10H2,(H,18,19). The van der Waals surface area contributed by atoms with E-state index in [2.05, 4.69) is 5.48 Å². The number of ether oxygens (including phenoxy) is 1. The lowest BCUT2D eigenvalue weighted by Crippen LogP contribution is -2.28. The molecule has 0 fully saturated rings. The molecule has 0 spiro atoms. The first-order valence-corrected chi connectivity index (χ1v) is 6.93. The van der Waals surface area contributed by atoms with Crippen LogP contribution in [0, 0.1) is 0 Å². The molecule has 6 heteroatoms. The highest BCUT2D eigenvalue weighted by Crippen LogP contribution is 2.27. The highest BCUT2D eigenvalue weighted by Gasteiger charge is 2.06. The lowest BCUT2D eigenvalue weighted by Gasteiger charge is -2.09. The Hall–Kier alpha value is -1.75. The van der Waals surface area contributed by atoms with Gasteiger partial charge in [0.25, 0.3) is 5.91 Å². The minimum atomic E-state index is -0.406. The number of halogens is 2. The highest BCUT2D eigenvalue weighted by atomic mass is 35.5. The number of benzene rings is 2. The minimum absolute atomic E-state index is 0.198. The Balaban J connectivity index is 1.72. The zero-order chi connectivity index (χ0) is 15.1. The Morgan fingerprint density at radius 1 is 1.10 bits per heavy atom. The van der Waals surface area contributed by atoms with Crippen LogP contribution >= 0.6 is 23.2 Å². The molecular formula is C15H13Cl2NO3. The van der Waals surface area contributed by atoms with Gasteiger partial charge >= 0.3 is 0 Å².